The van der Waals surface area contributed by atoms with Crippen molar-refractivity contribution in [1.82, 2.24) is 29.8 Å². The van der Waals surface area contributed by atoms with Gasteiger partial charge >= 0.3 is 0 Å². The van der Waals surface area contributed by atoms with Gasteiger partial charge in [0.1, 0.15) is 17.0 Å². The van der Waals surface area contributed by atoms with Crippen molar-refractivity contribution in [2.75, 3.05) is 5.73 Å². The van der Waals surface area contributed by atoms with Crippen molar-refractivity contribution < 1.29 is 14.7 Å². The lowest BCUT2D eigenvalue weighted by Crippen LogP contribution is -2.28. The average molecular weight is 602 g/mol. The molecule has 0 radical (unpaired) electrons. The first kappa shape index (κ1) is 27.2. The maximum absolute atomic E-state index is 13.1. The minimum absolute atomic E-state index is 0.0520. The van der Waals surface area contributed by atoms with Gasteiger partial charge in [0.25, 0.3) is 5.91 Å². The summed E-state index contributed by atoms with van der Waals surface area (Å²) < 4.78 is 1.99. The number of aryl methyl sites for hydroxylation is 1. The Hall–Kier alpha value is -5.61. The van der Waals surface area contributed by atoms with Crippen LogP contribution in [0.5, 0.6) is 5.75 Å². The minimum Gasteiger partial charge on any atom is -0.504 e. The van der Waals surface area contributed by atoms with Gasteiger partial charge in [-0.25, -0.2) is 19.9 Å². The fourth-order valence-corrected chi connectivity index (χ4v) is 5.82. The van der Waals surface area contributed by atoms with Gasteiger partial charge in [0.15, 0.2) is 28.7 Å². The molecule has 0 saturated carbocycles. The van der Waals surface area contributed by atoms with E-state index in [0.717, 1.165) is 34.5 Å². The molecule has 2 aromatic carbocycles. The van der Waals surface area contributed by atoms with Gasteiger partial charge in [-0.2, -0.15) is 0 Å². The van der Waals surface area contributed by atoms with E-state index in [0.29, 0.717) is 41.1 Å². The molecule has 11 heteroatoms. The van der Waals surface area contributed by atoms with E-state index in [1.807, 2.05) is 71.3 Å². The largest absolute Gasteiger partial charge is 0.504 e. The standard InChI is InChI=1S/C33H24ClN7O3/c34-29-28(43)20(17-42)16-27(37-29)33(44)40-25-11-8-19-15-21(9-10-22(19)25)41-31(23-7-4-14-36-30(23)35)39-26-13-12-24(38-32(26)41)18-5-2-1-3-6-18/h1-7,9-10,12-17,25,43H,8,11H2,(H2,35,36)(H,40,44)/t25-/m0/s1. The average Bonchev–Trinajstić information content (AvgIpc) is 3.63. The maximum atomic E-state index is 13.1. The van der Waals surface area contributed by atoms with E-state index in [-0.39, 0.29) is 22.5 Å². The number of aromatic hydroxyl groups is 1. The summed E-state index contributed by atoms with van der Waals surface area (Å²) in [4.78, 5) is 42.5. The molecule has 1 amide bonds. The van der Waals surface area contributed by atoms with Crippen molar-refractivity contribution in [3.63, 3.8) is 0 Å². The SMILES string of the molecule is Nc1ncccc1-c1nc2ccc(-c3ccccc3)nc2n1-c1ccc2c(c1)CC[C@@H]2NC(=O)c1cc(C=O)c(O)c(Cl)n1. The first-order valence-corrected chi connectivity index (χ1v) is 14.2. The summed E-state index contributed by atoms with van der Waals surface area (Å²) >= 11 is 5.93. The predicted molar refractivity (Wildman–Crippen MR) is 167 cm³/mol. The van der Waals surface area contributed by atoms with Gasteiger partial charge in [0.05, 0.1) is 22.9 Å². The van der Waals surface area contributed by atoms with Gasteiger partial charge < -0.3 is 16.2 Å². The van der Waals surface area contributed by atoms with E-state index in [9.17, 15) is 14.7 Å². The highest BCUT2D eigenvalue weighted by Gasteiger charge is 2.27. The molecule has 216 valence electrons. The number of hydrogen-bond donors (Lipinski definition) is 3. The highest BCUT2D eigenvalue weighted by Crippen LogP contribution is 2.36. The molecular weight excluding hydrogens is 578 g/mol. The molecule has 1 atom stereocenters. The number of nitrogens with two attached hydrogens (primary N) is 1. The van der Waals surface area contributed by atoms with Gasteiger partial charge in [-0.1, -0.05) is 48.0 Å². The number of halogens is 1. The Balaban J connectivity index is 1.29. The monoisotopic (exact) mass is 601 g/mol. The molecule has 1 aliphatic rings. The zero-order chi connectivity index (χ0) is 30.4. The Kier molecular flexibility index (Phi) is 6.75. The molecule has 10 nitrogen and oxygen atoms in total. The second kappa shape index (κ2) is 10.9. The molecule has 0 aliphatic heterocycles. The number of imidazole rings is 1. The number of fused-ring (bicyclic) bond motifs is 2. The molecule has 6 aromatic rings. The lowest BCUT2D eigenvalue weighted by Gasteiger charge is -2.16. The topological polar surface area (TPSA) is 149 Å². The number of pyridine rings is 3. The molecule has 4 N–H and O–H groups in total. The van der Waals surface area contributed by atoms with Crippen molar-refractivity contribution in [1.29, 1.82) is 0 Å². The van der Waals surface area contributed by atoms with Crippen molar-refractivity contribution in [2.45, 2.75) is 18.9 Å². The smallest absolute Gasteiger partial charge is 0.270 e. The number of anilines is 1. The van der Waals surface area contributed by atoms with Crippen LogP contribution in [0.4, 0.5) is 5.82 Å². The number of nitrogens with one attached hydrogen (secondary N) is 1. The molecule has 4 heterocycles. The summed E-state index contributed by atoms with van der Waals surface area (Å²) in [5, 5.41) is 12.6. The van der Waals surface area contributed by atoms with Crippen molar-refractivity contribution in [3.05, 3.63) is 113 Å². The number of nitrogen functional groups attached to an aromatic ring is 1. The van der Waals surface area contributed by atoms with Crippen LogP contribution in [0.15, 0.2) is 85.1 Å². The number of benzene rings is 2. The summed E-state index contributed by atoms with van der Waals surface area (Å²) in [6.07, 6.45) is 3.46. The third kappa shape index (κ3) is 4.71. The summed E-state index contributed by atoms with van der Waals surface area (Å²) in [6, 6.07) is 24.5. The van der Waals surface area contributed by atoms with E-state index < -0.39 is 11.7 Å². The molecule has 1 aliphatic carbocycles. The van der Waals surface area contributed by atoms with E-state index in [1.165, 1.54) is 6.07 Å². The predicted octanol–water partition coefficient (Wildman–Crippen LogP) is 5.72. The Labute approximate surface area is 256 Å². The zero-order valence-corrected chi connectivity index (χ0v) is 23.9. The normalized spacial score (nSPS) is 14.0. The molecule has 0 bridgehead atoms. The van der Waals surface area contributed by atoms with E-state index in [1.54, 1.807) is 6.20 Å². The van der Waals surface area contributed by atoms with Crippen molar-refractivity contribution in [2.24, 2.45) is 0 Å². The second-order valence-electron chi connectivity index (χ2n) is 10.4. The molecule has 4 aromatic heterocycles. The second-order valence-corrected chi connectivity index (χ2v) is 10.8. The minimum atomic E-state index is -0.496. The number of rotatable bonds is 6. The van der Waals surface area contributed by atoms with Crippen LogP contribution >= 0.6 is 11.6 Å². The Bertz CT molecular complexity index is 2100. The first-order valence-electron chi connectivity index (χ1n) is 13.9. The summed E-state index contributed by atoms with van der Waals surface area (Å²) in [5.74, 6) is 0.0237. The van der Waals surface area contributed by atoms with Crippen LogP contribution in [-0.2, 0) is 6.42 Å². The summed E-state index contributed by atoms with van der Waals surface area (Å²) in [6.45, 7) is 0. The molecular formula is C33H24ClN7O3. The van der Waals surface area contributed by atoms with Crippen LogP contribution < -0.4 is 11.1 Å². The number of carbonyl (C=O) groups is 2. The Morgan fingerprint density at radius 3 is 2.66 bits per heavy atom. The third-order valence-electron chi connectivity index (χ3n) is 7.76. The Morgan fingerprint density at radius 2 is 1.86 bits per heavy atom. The van der Waals surface area contributed by atoms with Crippen LogP contribution in [-0.4, -0.2) is 41.8 Å². The van der Waals surface area contributed by atoms with E-state index >= 15 is 0 Å². The quantitative estimate of drug-likeness (QED) is 0.162. The third-order valence-corrected chi connectivity index (χ3v) is 8.02. The highest BCUT2D eigenvalue weighted by atomic mass is 35.5. The fourth-order valence-electron chi connectivity index (χ4n) is 5.62. The molecule has 0 fully saturated rings. The lowest BCUT2D eigenvalue weighted by molar-refractivity contribution is 0.0931. The molecule has 0 unspecified atom stereocenters. The highest BCUT2D eigenvalue weighted by molar-refractivity contribution is 6.31. The Morgan fingerprint density at radius 1 is 1.02 bits per heavy atom. The lowest BCUT2D eigenvalue weighted by atomic mass is 10.1. The van der Waals surface area contributed by atoms with E-state index in [4.69, 9.17) is 27.3 Å². The molecule has 0 saturated heterocycles. The number of aromatic nitrogens is 5. The molecule has 0 spiro atoms. The number of carbonyl (C=O) groups excluding carboxylic acids is 2. The van der Waals surface area contributed by atoms with Crippen molar-refractivity contribution in [3.8, 4) is 34.1 Å². The number of hydrogen-bond acceptors (Lipinski definition) is 8. The summed E-state index contributed by atoms with van der Waals surface area (Å²) in [7, 11) is 0. The van der Waals surface area contributed by atoms with Gasteiger partial charge in [-0.15, -0.1) is 0 Å². The van der Waals surface area contributed by atoms with Gasteiger partial charge in [-0.3, -0.25) is 14.2 Å². The molecule has 7 rings (SSSR count). The first-order chi connectivity index (χ1) is 21.4. The van der Waals surface area contributed by atoms with Crippen LogP contribution in [0.2, 0.25) is 5.15 Å². The van der Waals surface area contributed by atoms with Crippen molar-refractivity contribution >= 4 is 40.8 Å². The van der Waals surface area contributed by atoms with Crippen LogP contribution in [0, 0.1) is 0 Å². The van der Waals surface area contributed by atoms with E-state index in [2.05, 4.69) is 21.4 Å². The number of amides is 1. The number of nitrogens with zero attached hydrogens (tertiary/aromatic N) is 5. The number of aldehydes is 1. The maximum Gasteiger partial charge on any atom is 0.270 e. The molecule has 44 heavy (non-hydrogen) atoms. The van der Waals surface area contributed by atoms with Crippen LogP contribution in [0.3, 0.4) is 0 Å². The summed E-state index contributed by atoms with van der Waals surface area (Å²) in [5.41, 5.74) is 12.9. The van der Waals surface area contributed by atoms with Gasteiger partial charge in [0.2, 0.25) is 0 Å². The van der Waals surface area contributed by atoms with Gasteiger partial charge in [-0.05, 0) is 66.4 Å². The zero-order valence-electron chi connectivity index (χ0n) is 23.1. The van der Waals surface area contributed by atoms with Gasteiger partial charge in [0, 0.05) is 17.4 Å². The van der Waals surface area contributed by atoms with Crippen LogP contribution in [0.25, 0.3) is 39.5 Å². The fraction of sp³-hybridized carbons (Fsp3) is 0.0909. The van der Waals surface area contributed by atoms with Crippen LogP contribution in [0.1, 0.15) is 44.4 Å².